The summed E-state index contributed by atoms with van der Waals surface area (Å²) in [4.78, 5) is 4.63. The van der Waals surface area contributed by atoms with Gasteiger partial charge in [-0.25, -0.2) is 9.99 Å². The fourth-order valence-electron chi connectivity index (χ4n) is 3.87. The number of benzene rings is 2. The van der Waals surface area contributed by atoms with E-state index in [0.29, 0.717) is 6.04 Å². The second kappa shape index (κ2) is 13.3. The number of aromatic nitrogens is 1. The summed E-state index contributed by atoms with van der Waals surface area (Å²) in [6, 6.07) is 17.6. The van der Waals surface area contributed by atoms with E-state index >= 15 is 0 Å². The number of thiazole rings is 1. The van der Waals surface area contributed by atoms with Crippen molar-refractivity contribution < 1.29 is 4.74 Å². The van der Waals surface area contributed by atoms with E-state index in [1.165, 1.54) is 24.8 Å². The predicted molar refractivity (Wildman–Crippen MR) is 137 cm³/mol. The van der Waals surface area contributed by atoms with Crippen molar-refractivity contribution in [1.82, 2.24) is 15.4 Å². The first kappa shape index (κ1) is 27.7. The Kier molecular flexibility index (Phi) is 11.8. The largest absolute Gasteiger partial charge is 0.496 e. The van der Waals surface area contributed by atoms with E-state index in [2.05, 4.69) is 63.3 Å². The van der Waals surface area contributed by atoms with Crippen LogP contribution in [-0.4, -0.2) is 23.6 Å². The summed E-state index contributed by atoms with van der Waals surface area (Å²) in [5.41, 5.74) is 8.43. The maximum Gasteiger partial charge on any atom is 0.123 e. The molecule has 0 bridgehead atoms. The lowest BCUT2D eigenvalue weighted by atomic mass is 9.97. The summed E-state index contributed by atoms with van der Waals surface area (Å²) < 4.78 is 5.62. The Morgan fingerprint density at radius 1 is 1.10 bits per heavy atom. The first-order valence-electron chi connectivity index (χ1n) is 9.89. The van der Waals surface area contributed by atoms with Crippen LogP contribution in [-0.2, 0) is 6.54 Å². The highest BCUT2D eigenvalue weighted by Crippen LogP contribution is 2.31. The summed E-state index contributed by atoms with van der Waals surface area (Å²) in [6.45, 7) is 3.84. The molecule has 2 heterocycles. The minimum atomic E-state index is 0. The van der Waals surface area contributed by atoms with Crippen LogP contribution in [0, 0.1) is 6.92 Å². The summed E-state index contributed by atoms with van der Waals surface area (Å²) in [7, 11) is 1.74. The number of ether oxygens (including phenoxy) is 1. The van der Waals surface area contributed by atoms with Crippen molar-refractivity contribution in [2.45, 2.75) is 38.8 Å². The Balaban J connectivity index is 0.00000160. The van der Waals surface area contributed by atoms with Crippen LogP contribution in [0.3, 0.4) is 0 Å². The summed E-state index contributed by atoms with van der Waals surface area (Å²) in [6.07, 6.45) is 3.69. The van der Waals surface area contributed by atoms with Gasteiger partial charge in [0.1, 0.15) is 10.8 Å². The van der Waals surface area contributed by atoms with Gasteiger partial charge in [-0.3, -0.25) is 5.43 Å². The number of methoxy groups -OCH3 is 1. The third kappa shape index (κ3) is 6.82. The van der Waals surface area contributed by atoms with Gasteiger partial charge in [0, 0.05) is 41.3 Å². The molecule has 2 aromatic carbocycles. The maximum absolute atomic E-state index is 5.62. The van der Waals surface area contributed by atoms with Crippen molar-refractivity contribution in [3.63, 3.8) is 0 Å². The van der Waals surface area contributed by atoms with Gasteiger partial charge in [-0.15, -0.1) is 48.6 Å². The molecule has 1 aromatic heterocycles. The normalized spacial score (nSPS) is 15.9. The van der Waals surface area contributed by atoms with Crippen molar-refractivity contribution in [3.05, 3.63) is 70.7 Å². The molecule has 1 aliphatic rings. The van der Waals surface area contributed by atoms with Gasteiger partial charge < -0.3 is 4.74 Å². The molecule has 1 unspecified atom stereocenters. The topological polar surface area (TPSA) is 37.4 Å². The Hall–Kier alpha value is -1.34. The van der Waals surface area contributed by atoms with Crippen LogP contribution < -0.4 is 10.2 Å². The Morgan fingerprint density at radius 2 is 1.87 bits per heavy atom. The van der Waals surface area contributed by atoms with Gasteiger partial charge in [0.2, 0.25) is 0 Å². The van der Waals surface area contributed by atoms with Crippen LogP contribution in [0.15, 0.2) is 53.9 Å². The molecule has 0 saturated carbocycles. The molecule has 170 valence electrons. The first-order valence-corrected chi connectivity index (χ1v) is 10.8. The average molecular weight is 503 g/mol. The minimum absolute atomic E-state index is 0. The summed E-state index contributed by atoms with van der Waals surface area (Å²) in [5.74, 6) is 0.915. The molecule has 1 N–H and O–H groups in total. The predicted octanol–water partition coefficient (Wildman–Crippen LogP) is 6.62. The van der Waals surface area contributed by atoms with E-state index in [0.717, 1.165) is 40.7 Å². The summed E-state index contributed by atoms with van der Waals surface area (Å²) in [5, 5.41) is 5.55. The highest BCUT2D eigenvalue weighted by molar-refractivity contribution is 7.13. The molecular formula is C23H30Cl3N3OS. The molecule has 0 amide bonds. The molecule has 1 aliphatic heterocycles. The van der Waals surface area contributed by atoms with Crippen molar-refractivity contribution in [2.24, 2.45) is 0 Å². The molecule has 0 aliphatic carbocycles. The Morgan fingerprint density at radius 3 is 2.55 bits per heavy atom. The van der Waals surface area contributed by atoms with E-state index in [-0.39, 0.29) is 37.2 Å². The number of nitrogens with one attached hydrogen (secondary N) is 1. The lowest BCUT2D eigenvalue weighted by molar-refractivity contribution is 0.0822. The zero-order valence-corrected chi connectivity index (χ0v) is 21.0. The molecule has 0 radical (unpaired) electrons. The third-order valence-electron chi connectivity index (χ3n) is 5.31. The molecular weight excluding hydrogens is 473 g/mol. The van der Waals surface area contributed by atoms with E-state index in [4.69, 9.17) is 4.74 Å². The highest BCUT2D eigenvalue weighted by atomic mass is 35.5. The van der Waals surface area contributed by atoms with Gasteiger partial charge in [0.25, 0.3) is 0 Å². The Bertz CT molecular complexity index is 923. The van der Waals surface area contributed by atoms with E-state index in [1.54, 1.807) is 18.4 Å². The molecule has 4 rings (SSSR count). The number of aryl methyl sites for hydroxylation is 1. The molecule has 1 saturated heterocycles. The molecule has 1 fully saturated rings. The van der Waals surface area contributed by atoms with Crippen molar-refractivity contribution in [2.75, 3.05) is 13.7 Å². The van der Waals surface area contributed by atoms with Crippen LogP contribution in [0.2, 0.25) is 0 Å². The summed E-state index contributed by atoms with van der Waals surface area (Å²) >= 11 is 1.69. The molecule has 31 heavy (non-hydrogen) atoms. The first-order chi connectivity index (χ1) is 13.7. The second-order valence-corrected chi connectivity index (χ2v) is 8.13. The standard InChI is InChI=1S/C23H27N3OS.3ClH/c1-17-16-28-23(25-17)19-11-12-22(27-2)20(14-19)15-24-26-13-7-6-10-21(26)18-8-4-3-5-9-18;;;/h3-5,8-9,11-12,14,16,21,24H,6-7,10,13,15H2,1-2H3;3*1H. The molecule has 4 nitrogen and oxygen atoms in total. The van der Waals surface area contributed by atoms with Crippen LogP contribution in [0.25, 0.3) is 10.6 Å². The lowest BCUT2D eigenvalue weighted by Gasteiger charge is -2.36. The zero-order chi connectivity index (χ0) is 19.3. The van der Waals surface area contributed by atoms with Gasteiger partial charge in [-0.2, -0.15) is 0 Å². The number of rotatable bonds is 6. The molecule has 8 heteroatoms. The molecule has 3 aromatic rings. The van der Waals surface area contributed by atoms with Crippen LogP contribution in [0.4, 0.5) is 0 Å². The Labute approximate surface area is 207 Å². The van der Waals surface area contributed by atoms with E-state index in [9.17, 15) is 0 Å². The molecule has 1 atom stereocenters. The lowest BCUT2D eigenvalue weighted by Crippen LogP contribution is -2.43. The second-order valence-electron chi connectivity index (χ2n) is 7.27. The van der Waals surface area contributed by atoms with E-state index in [1.807, 2.05) is 13.0 Å². The van der Waals surface area contributed by atoms with Crippen LogP contribution in [0.1, 0.15) is 42.1 Å². The van der Waals surface area contributed by atoms with Crippen molar-refractivity contribution in [1.29, 1.82) is 0 Å². The van der Waals surface area contributed by atoms with Gasteiger partial charge in [0.15, 0.2) is 0 Å². The van der Waals surface area contributed by atoms with Crippen molar-refractivity contribution in [3.8, 4) is 16.3 Å². The van der Waals surface area contributed by atoms with Gasteiger partial charge in [-0.05, 0) is 43.5 Å². The molecule has 0 spiro atoms. The van der Waals surface area contributed by atoms with E-state index < -0.39 is 0 Å². The van der Waals surface area contributed by atoms with Gasteiger partial charge in [0.05, 0.1) is 7.11 Å². The van der Waals surface area contributed by atoms with Crippen LogP contribution in [0.5, 0.6) is 5.75 Å². The fourth-order valence-corrected chi connectivity index (χ4v) is 4.66. The number of piperidine rings is 1. The van der Waals surface area contributed by atoms with Crippen molar-refractivity contribution >= 4 is 48.6 Å². The highest BCUT2D eigenvalue weighted by Gasteiger charge is 2.23. The van der Waals surface area contributed by atoms with Gasteiger partial charge in [-0.1, -0.05) is 36.8 Å². The zero-order valence-electron chi connectivity index (χ0n) is 17.7. The van der Waals surface area contributed by atoms with Gasteiger partial charge >= 0.3 is 0 Å². The average Bonchev–Trinajstić information content (AvgIpc) is 3.19. The minimum Gasteiger partial charge on any atom is -0.496 e. The quantitative estimate of drug-likeness (QED) is 0.411. The third-order valence-corrected chi connectivity index (χ3v) is 6.32. The van der Waals surface area contributed by atoms with Crippen LogP contribution >= 0.6 is 48.6 Å². The number of nitrogens with zero attached hydrogens (tertiary/aromatic N) is 2. The fraction of sp³-hybridized carbons (Fsp3) is 0.348. The monoisotopic (exact) mass is 501 g/mol. The SMILES string of the molecule is COc1ccc(-c2nc(C)cs2)cc1CNN1CCCCC1c1ccccc1.Cl.Cl.Cl. The smallest absolute Gasteiger partial charge is 0.123 e. The number of hydrazine groups is 1. The number of hydrogen-bond donors (Lipinski definition) is 1. The number of hydrogen-bond acceptors (Lipinski definition) is 5. The maximum atomic E-state index is 5.62. The number of halogens is 3.